The summed E-state index contributed by atoms with van der Waals surface area (Å²) in [6.45, 7) is 2.18. The molecule has 0 heterocycles. The zero-order valence-corrected chi connectivity index (χ0v) is 17.5. The van der Waals surface area contributed by atoms with E-state index >= 15 is 0 Å². The van der Waals surface area contributed by atoms with Gasteiger partial charge in [0.1, 0.15) is 0 Å². The molecule has 0 saturated carbocycles. The van der Waals surface area contributed by atoms with Crippen molar-refractivity contribution in [2.45, 2.75) is 64.5 Å². The molecule has 14 nitrogen and oxygen atoms in total. The van der Waals surface area contributed by atoms with Gasteiger partial charge in [0, 0.05) is 23.7 Å². The number of hydrogen-bond donors (Lipinski definition) is 0. The van der Waals surface area contributed by atoms with Crippen molar-refractivity contribution < 1.29 is 38.6 Å². The van der Waals surface area contributed by atoms with Crippen molar-refractivity contribution in [3.8, 4) is 0 Å². The van der Waals surface area contributed by atoms with Gasteiger partial charge in [-0.05, 0) is 12.8 Å². The average molecular weight is 436 g/mol. The molecule has 0 N–H and O–H groups in total. The standard InChI is InChI=1S/C16H28N4O10/c1-5-7-9-29-13(21)15(3,11-17(23)24)19(27)20(28)16(4,12-18(25)26)14(22)30-10-8-6-2/h5-12H2,1-4H3/b20-19+. The molecule has 0 spiro atoms. The minimum absolute atomic E-state index is 0.152. The third-order valence-corrected chi connectivity index (χ3v) is 4.22. The number of nitro groups is 2. The summed E-state index contributed by atoms with van der Waals surface area (Å²) in [6, 6.07) is 0. The van der Waals surface area contributed by atoms with Crippen molar-refractivity contribution in [3.05, 3.63) is 30.6 Å². The van der Waals surface area contributed by atoms with Gasteiger partial charge < -0.3 is 19.9 Å². The molecule has 0 amide bonds. The van der Waals surface area contributed by atoms with Crippen LogP contribution in [0.25, 0.3) is 0 Å². The molecule has 0 aromatic heterocycles. The van der Waals surface area contributed by atoms with Crippen molar-refractivity contribution in [2.75, 3.05) is 26.3 Å². The molecule has 0 aromatic rings. The van der Waals surface area contributed by atoms with Gasteiger partial charge in [0.2, 0.25) is 0 Å². The van der Waals surface area contributed by atoms with Crippen LogP contribution < -0.4 is 0 Å². The lowest BCUT2D eigenvalue weighted by molar-refractivity contribution is -1.02. The third kappa shape index (κ3) is 7.08. The Hall–Kier alpha value is -3.06. The van der Waals surface area contributed by atoms with E-state index < -0.39 is 55.7 Å². The molecule has 0 aliphatic heterocycles. The molecule has 30 heavy (non-hydrogen) atoms. The topological polar surface area (TPSA) is 191 Å². The van der Waals surface area contributed by atoms with Gasteiger partial charge in [-0.25, -0.2) is 9.59 Å². The minimum Gasteiger partial charge on any atom is -0.566 e. The lowest BCUT2D eigenvalue weighted by atomic mass is 10.0. The maximum atomic E-state index is 12.7. The van der Waals surface area contributed by atoms with Crippen LogP contribution in [0.4, 0.5) is 0 Å². The van der Waals surface area contributed by atoms with Crippen LogP contribution in [-0.4, -0.2) is 68.9 Å². The van der Waals surface area contributed by atoms with Crippen molar-refractivity contribution >= 4 is 11.9 Å². The monoisotopic (exact) mass is 436 g/mol. The first-order valence-corrected chi connectivity index (χ1v) is 9.39. The van der Waals surface area contributed by atoms with Crippen LogP contribution in [0.2, 0.25) is 0 Å². The zero-order valence-electron chi connectivity index (χ0n) is 17.5. The normalized spacial score (nSPS) is 15.9. The molecule has 14 heteroatoms. The van der Waals surface area contributed by atoms with E-state index in [1.165, 1.54) is 0 Å². The first-order chi connectivity index (χ1) is 13.9. The van der Waals surface area contributed by atoms with E-state index in [-0.39, 0.29) is 13.2 Å². The van der Waals surface area contributed by atoms with E-state index in [0.717, 1.165) is 13.8 Å². The number of carbonyl (C=O) groups excluding carboxylic acids is 2. The second-order valence-electron chi connectivity index (χ2n) is 7.05. The lowest BCUT2D eigenvalue weighted by Crippen LogP contribution is -2.60. The highest BCUT2D eigenvalue weighted by Crippen LogP contribution is 2.20. The zero-order chi connectivity index (χ0) is 23.5. The summed E-state index contributed by atoms with van der Waals surface area (Å²) in [5.41, 5.74) is -5.33. The fraction of sp³-hybridized carbons (Fsp3) is 0.875. The van der Waals surface area contributed by atoms with E-state index in [2.05, 4.69) is 0 Å². The molecule has 0 saturated heterocycles. The Balaban J connectivity index is 6.24. The van der Waals surface area contributed by atoms with Crippen LogP contribution >= 0.6 is 0 Å². The Bertz CT molecular complexity index is 627. The molecular weight excluding hydrogens is 408 g/mol. The van der Waals surface area contributed by atoms with Gasteiger partial charge >= 0.3 is 23.0 Å². The Kier molecular flexibility index (Phi) is 10.6. The maximum Gasteiger partial charge on any atom is 0.394 e. The van der Waals surface area contributed by atoms with Gasteiger partial charge in [-0.3, -0.25) is 20.2 Å². The number of carbonyl (C=O) groups is 2. The molecule has 2 unspecified atom stereocenters. The molecular formula is C16H28N4O10. The summed E-state index contributed by atoms with van der Waals surface area (Å²) < 4.78 is 9.71. The molecule has 0 aliphatic rings. The summed E-state index contributed by atoms with van der Waals surface area (Å²) >= 11 is 0. The van der Waals surface area contributed by atoms with Gasteiger partial charge in [0.05, 0.1) is 22.9 Å². The maximum absolute atomic E-state index is 12.7. The number of azo groups is 1. The lowest BCUT2D eigenvalue weighted by Gasteiger charge is -2.24. The minimum atomic E-state index is -2.67. The second-order valence-corrected chi connectivity index (χ2v) is 7.05. The quantitative estimate of drug-likeness (QED) is 0.0954. The third-order valence-electron chi connectivity index (χ3n) is 4.22. The van der Waals surface area contributed by atoms with Crippen LogP contribution in [0.3, 0.4) is 0 Å². The van der Waals surface area contributed by atoms with Crippen LogP contribution in [0, 0.1) is 30.6 Å². The number of nitrogens with zero attached hydrogens (tertiary/aromatic N) is 4. The average Bonchev–Trinajstić information content (AvgIpc) is 2.65. The fourth-order valence-corrected chi connectivity index (χ4v) is 2.24. The van der Waals surface area contributed by atoms with E-state index in [9.17, 15) is 40.2 Å². The van der Waals surface area contributed by atoms with E-state index in [1.807, 2.05) is 0 Å². The van der Waals surface area contributed by atoms with E-state index in [0.29, 0.717) is 25.7 Å². The van der Waals surface area contributed by atoms with Gasteiger partial charge in [-0.2, -0.15) is 0 Å². The first kappa shape index (κ1) is 26.9. The Morgan fingerprint density at radius 1 is 0.733 bits per heavy atom. The van der Waals surface area contributed by atoms with E-state index in [4.69, 9.17) is 9.47 Å². The van der Waals surface area contributed by atoms with Gasteiger partial charge in [0.25, 0.3) is 13.1 Å². The summed E-state index contributed by atoms with van der Waals surface area (Å²) in [4.78, 5) is 43.4. The number of unbranched alkanes of at least 4 members (excludes halogenated alkanes) is 2. The molecule has 0 aromatic carbocycles. The predicted octanol–water partition coefficient (Wildman–Crippen LogP) is 1.22. The first-order valence-electron chi connectivity index (χ1n) is 9.39. The Morgan fingerprint density at radius 2 is 1.03 bits per heavy atom. The smallest absolute Gasteiger partial charge is 0.394 e. The molecule has 0 rings (SSSR count). The van der Waals surface area contributed by atoms with Gasteiger partial charge in [-0.1, -0.05) is 26.7 Å². The molecule has 0 aliphatic carbocycles. The molecule has 0 radical (unpaired) electrons. The highest BCUT2D eigenvalue weighted by molar-refractivity contribution is 5.79. The van der Waals surface area contributed by atoms with Crippen LogP contribution in [0.1, 0.15) is 53.4 Å². The predicted molar refractivity (Wildman–Crippen MR) is 99.5 cm³/mol. The summed E-state index contributed by atoms with van der Waals surface area (Å²) in [5.74, 6) is -2.74. The Labute approximate surface area is 172 Å². The summed E-state index contributed by atoms with van der Waals surface area (Å²) in [6.07, 6.45) is 2.06. The SMILES string of the molecule is CCCCOC(=O)C(C)(C[N+](=O)[O-])/[N+]([O-])=[N+](\[O-])C(C)(C[N+](=O)[O-])C(=O)OCCCC. The number of ether oxygens (including phenoxy) is 2. The second kappa shape index (κ2) is 11.8. The highest BCUT2D eigenvalue weighted by atomic mass is 16.7. The molecule has 0 bridgehead atoms. The van der Waals surface area contributed by atoms with Crippen LogP contribution in [0.15, 0.2) is 0 Å². The largest absolute Gasteiger partial charge is 0.566 e. The van der Waals surface area contributed by atoms with Crippen molar-refractivity contribution in [1.82, 2.24) is 0 Å². The van der Waals surface area contributed by atoms with Crippen molar-refractivity contribution in [2.24, 2.45) is 0 Å². The number of hydrogen-bond acceptors (Lipinski definition) is 10. The van der Waals surface area contributed by atoms with Crippen LogP contribution in [0.5, 0.6) is 0 Å². The van der Waals surface area contributed by atoms with Gasteiger partial charge in [-0.15, -0.1) is 0 Å². The summed E-state index contributed by atoms with van der Waals surface area (Å²) in [7, 11) is 0. The fourth-order valence-electron chi connectivity index (χ4n) is 2.24. The van der Waals surface area contributed by atoms with Gasteiger partial charge in [0.15, 0.2) is 0 Å². The highest BCUT2D eigenvalue weighted by Gasteiger charge is 2.61. The van der Waals surface area contributed by atoms with Crippen molar-refractivity contribution in [1.29, 1.82) is 0 Å². The number of esters is 2. The molecule has 172 valence electrons. The molecule has 0 fully saturated rings. The van der Waals surface area contributed by atoms with Crippen molar-refractivity contribution in [3.63, 3.8) is 0 Å². The Morgan fingerprint density at radius 3 is 1.27 bits per heavy atom. The number of hydroxylamine groups is 2. The molecule has 2 atom stereocenters. The van der Waals surface area contributed by atoms with E-state index in [1.54, 1.807) is 13.8 Å². The summed E-state index contributed by atoms with van der Waals surface area (Å²) in [5, 5.41) is 47.5. The number of rotatable bonds is 14. The van der Waals surface area contributed by atoms with Crippen LogP contribution in [-0.2, 0) is 19.1 Å².